The first kappa shape index (κ1) is 16.0. The second-order valence-electron chi connectivity index (χ2n) is 4.77. The van der Waals surface area contributed by atoms with Crippen LogP contribution in [-0.2, 0) is 0 Å². The number of thiophene rings is 1. The molecule has 2 amide bonds. The molecule has 0 aliphatic rings. The first-order chi connectivity index (χ1) is 9.08. The van der Waals surface area contributed by atoms with Gasteiger partial charge in [0, 0.05) is 11.4 Å². The number of hydrogen-bond donors (Lipinski definition) is 3. The molecule has 0 bridgehead atoms. The fourth-order valence-electron chi connectivity index (χ4n) is 2.08. The smallest absolute Gasteiger partial charge is 0.315 e. The molecule has 0 aromatic carbocycles. The molecular formula is C14H24N2O2S. The van der Waals surface area contributed by atoms with Crippen molar-refractivity contribution in [3.05, 3.63) is 22.4 Å². The summed E-state index contributed by atoms with van der Waals surface area (Å²) in [4.78, 5) is 13.0. The van der Waals surface area contributed by atoms with Crippen LogP contribution in [0.5, 0.6) is 0 Å². The molecule has 1 rings (SSSR count). The standard InChI is InChI=1S/C14H24N2O2S/c1-4-11(5-2)13(12-7-6-8-19-12)16-14(18)15-9-10(3)17/h6-8,10-11,13,17H,4-5,9H2,1-3H3,(H2,15,16,18)/t10-,13-/m1/s1. The van der Waals surface area contributed by atoms with Gasteiger partial charge in [-0.05, 0) is 24.3 Å². The number of aliphatic hydroxyl groups excluding tert-OH is 1. The summed E-state index contributed by atoms with van der Waals surface area (Å²) in [6.07, 6.45) is 1.52. The average molecular weight is 284 g/mol. The van der Waals surface area contributed by atoms with Crippen molar-refractivity contribution in [1.82, 2.24) is 10.6 Å². The van der Waals surface area contributed by atoms with Crippen LogP contribution in [0.1, 0.15) is 44.5 Å². The second-order valence-corrected chi connectivity index (χ2v) is 5.75. The minimum Gasteiger partial charge on any atom is -0.392 e. The van der Waals surface area contributed by atoms with Crippen molar-refractivity contribution in [2.45, 2.75) is 45.8 Å². The summed E-state index contributed by atoms with van der Waals surface area (Å²) >= 11 is 1.66. The van der Waals surface area contributed by atoms with E-state index in [0.717, 1.165) is 12.8 Å². The fraction of sp³-hybridized carbons (Fsp3) is 0.643. The van der Waals surface area contributed by atoms with Gasteiger partial charge in [-0.1, -0.05) is 32.8 Å². The molecule has 4 nitrogen and oxygen atoms in total. The highest BCUT2D eigenvalue weighted by Crippen LogP contribution is 2.30. The van der Waals surface area contributed by atoms with E-state index in [2.05, 4.69) is 30.5 Å². The van der Waals surface area contributed by atoms with E-state index >= 15 is 0 Å². The summed E-state index contributed by atoms with van der Waals surface area (Å²) in [5.41, 5.74) is 0. The van der Waals surface area contributed by atoms with Crippen molar-refractivity contribution in [2.75, 3.05) is 6.54 Å². The maximum absolute atomic E-state index is 11.9. The van der Waals surface area contributed by atoms with Crippen molar-refractivity contribution in [3.8, 4) is 0 Å². The first-order valence-corrected chi connectivity index (χ1v) is 7.72. The van der Waals surface area contributed by atoms with E-state index in [1.807, 2.05) is 11.4 Å². The minimum absolute atomic E-state index is 0.0454. The first-order valence-electron chi connectivity index (χ1n) is 6.84. The second kappa shape index (κ2) is 8.17. The molecule has 0 saturated heterocycles. The summed E-state index contributed by atoms with van der Waals surface area (Å²) in [5.74, 6) is 0.427. The molecule has 0 aliphatic carbocycles. The third kappa shape index (κ3) is 5.20. The number of carbonyl (C=O) groups is 1. The monoisotopic (exact) mass is 284 g/mol. The Balaban J connectivity index is 2.67. The maximum atomic E-state index is 11.9. The van der Waals surface area contributed by atoms with Gasteiger partial charge in [-0.15, -0.1) is 11.3 Å². The predicted molar refractivity (Wildman–Crippen MR) is 79.3 cm³/mol. The van der Waals surface area contributed by atoms with Gasteiger partial charge in [-0.2, -0.15) is 0 Å². The van der Waals surface area contributed by atoms with Crippen molar-refractivity contribution >= 4 is 17.4 Å². The molecule has 108 valence electrons. The van der Waals surface area contributed by atoms with Crippen molar-refractivity contribution in [1.29, 1.82) is 0 Å². The van der Waals surface area contributed by atoms with Crippen LogP contribution in [0.4, 0.5) is 4.79 Å². The topological polar surface area (TPSA) is 61.4 Å². The van der Waals surface area contributed by atoms with Crippen LogP contribution in [0, 0.1) is 5.92 Å². The van der Waals surface area contributed by atoms with Gasteiger partial charge in [0.25, 0.3) is 0 Å². The number of nitrogens with one attached hydrogen (secondary N) is 2. The lowest BCUT2D eigenvalue weighted by Gasteiger charge is -2.25. The molecule has 0 aliphatic heterocycles. The van der Waals surface area contributed by atoms with Gasteiger partial charge in [-0.3, -0.25) is 0 Å². The van der Waals surface area contributed by atoms with Crippen LogP contribution in [0.2, 0.25) is 0 Å². The van der Waals surface area contributed by atoms with Gasteiger partial charge >= 0.3 is 6.03 Å². The molecule has 5 heteroatoms. The Morgan fingerprint density at radius 1 is 1.42 bits per heavy atom. The Morgan fingerprint density at radius 3 is 2.58 bits per heavy atom. The van der Waals surface area contributed by atoms with E-state index in [-0.39, 0.29) is 18.6 Å². The Morgan fingerprint density at radius 2 is 2.11 bits per heavy atom. The Labute approximate surface area is 119 Å². The average Bonchev–Trinajstić information content (AvgIpc) is 2.90. The fourth-order valence-corrected chi connectivity index (χ4v) is 2.95. The number of urea groups is 1. The van der Waals surface area contributed by atoms with Crippen LogP contribution in [0.15, 0.2) is 17.5 Å². The SMILES string of the molecule is CCC(CC)[C@@H](NC(=O)NC[C@@H](C)O)c1cccs1. The zero-order valence-electron chi connectivity index (χ0n) is 11.8. The lowest BCUT2D eigenvalue weighted by atomic mass is 9.93. The Hall–Kier alpha value is -1.07. The quantitative estimate of drug-likeness (QED) is 0.721. The lowest BCUT2D eigenvalue weighted by Crippen LogP contribution is -2.42. The van der Waals surface area contributed by atoms with Crippen LogP contribution in [-0.4, -0.2) is 23.8 Å². The molecule has 1 aromatic heterocycles. The number of amides is 2. The highest BCUT2D eigenvalue weighted by molar-refractivity contribution is 7.10. The zero-order chi connectivity index (χ0) is 14.3. The molecule has 0 fully saturated rings. The van der Waals surface area contributed by atoms with Gasteiger partial charge < -0.3 is 15.7 Å². The molecule has 0 saturated carbocycles. The molecule has 0 radical (unpaired) electrons. The van der Waals surface area contributed by atoms with E-state index in [1.165, 1.54) is 4.88 Å². The predicted octanol–water partition coefficient (Wildman–Crippen LogP) is 2.91. The largest absolute Gasteiger partial charge is 0.392 e. The van der Waals surface area contributed by atoms with Crippen molar-refractivity contribution in [3.63, 3.8) is 0 Å². The van der Waals surface area contributed by atoms with Crippen LogP contribution < -0.4 is 10.6 Å². The van der Waals surface area contributed by atoms with Gasteiger partial charge in [-0.25, -0.2) is 4.79 Å². The van der Waals surface area contributed by atoms with Crippen LogP contribution in [0.3, 0.4) is 0 Å². The summed E-state index contributed by atoms with van der Waals surface area (Å²) in [5, 5.41) is 16.9. The molecule has 2 atom stereocenters. The van der Waals surface area contributed by atoms with E-state index in [9.17, 15) is 9.90 Å². The van der Waals surface area contributed by atoms with Crippen LogP contribution in [0.25, 0.3) is 0 Å². The minimum atomic E-state index is -0.529. The Kier molecular flexibility index (Phi) is 6.87. The number of carbonyl (C=O) groups excluding carboxylic acids is 1. The van der Waals surface area contributed by atoms with E-state index in [4.69, 9.17) is 0 Å². The maximum Gasteiger partial charge on any atom is 0.315 e. The molecule has 1 heterocycles. The third-order valence-electron chi connectivity index (χ3n) is 3.21. The normalized spacial score (nSPS) is 14.2. The molecular weight excluding hydrogens is 260 g/mol. The lowest BCUT2D eigenvalue weighted by molar-refractivity contribution is 0.185. The van der Waals surface area contributed by atoms with Crippen LogP contribution >= 0.6 is 11.3 Å². The van der Waals surface area contributed by atoms with Gasteiger partial charge in [0.2, 0.25) is 0 Å². The number of hydrogen-bond acceptors (Lipinski definition) is 3. The van der Waals surface area contributed by atoms with Crippen molar-refractivity contribution < 1.29 is 9.90 Å². The molecule has 3 N–H and O–H groups in total. The zero-order valence-corrected chi connectivity index (χ0v) is 12.7. The van der Waals surface area contributed by atoms with Crippen molar-refractivity contribution in [2.24, 2.45) is 5.92 Å². The van der Waals surface area contributed by atoms with E-state index in [1.54, 1.807) is 18.3 Å². The summed E-state index contributed by atoms with van der Waals surface area (Å²) < 4.78 is 0. The molecule has 0 spiro atoms. The molecule has 1 aromatic rings. The molecule has 0 unspecified atom stereocenters. The molecule has 19 heavy (non-hydrogen) atoms. The van der Waals surface area contributed by atoms with E-state index < -0.39 is 6.10 Å². The number of aliphatic hydroxyl groups is 1. The highest BCUT2D eigenvalue weighted by Gasteiger charge is 2.23. The summed E-state index contributed by atoms with van der Waals surface area (Å²) in [7, 11) is 0. The summed E-state index contributed by atoms with van der Waals surface area (Å²) in [6.45, 7) is 6.21. The van der Waals surface area contributed by atoms with E-state index in [0.29, 0.717) is 5.92 Å². The van der Waals surface area contributed by atoms with Gasteiger partial charge in [0.15, 0.2) is 0 Å². The van der Waals surface area contributed by atoms with Gasteiger partial charge in [0.05, 0.1) is 12.1 Å². The third-order valence-corrected chi connectivity index (χ3v) is 4.17. The summed E-state index contributed by atoms with van der Waals surface area (Å²) in [6, 6.07) is 3.89. The highest BCUT2D eigenvalue weighted by atomic mass is 32.1. The van der Waals surface area contributed by atoms with Gasteiger partial charge in [0.1, 0.15) is 0 Å². The number of rotatable bonds is 7. The Bertz CT molecular complexity index is 362.